The van der Waals surface area contributed by atoms with Gasteiger partial charge in [-0.25, -0.2) is 4.79 Å². The molecule has 0 fully saturated rings. The molecule has 0 rings (SSSR count). The Hall–Kier alpha value is -1.06. The minimum atomic E-state index is -6.33. The molecule has 0 aromatic rings. The summed E-state index contributed by atoms with van der Waals surface area (Å²) in [6.45, 7) is -0.725. The molecule has 0 saturated carbocycles. The first kappa shape index (κ1) is 18.9. The number of halogens is 7. The van der Waals surface area contributed by atoms with Gasteiger partial charge in [-0.3, -0.25) is 0 Å². The van der Waals surface area contributed by atoms with Gasteiger partial charge in [-0.2, -0.15) is 30.7 Å². The number of nitrogens with zero attached hydrogens (tertiary/aromatic N) is 1. The maximum Gasteiger partial charge on any atom is 0.459 e. The molecule has 0 aliphatic rings. The van der Waals surface area contributed by atoms with E-state index < -0.39 is 43.4 Å². The van der Waals surface area contributed by atoms with Crippen LogP contribution in [0, 0.1) is 0 Å². The lowest BCUT2D eigenvalue weighted by Crippen LogP contribution is -2.52. The third kappa shape index (κ3) is 4.80. The van der Waals surface area contributed by atoms with Crippen molar-refractivity contribution in [3.8, 4) is 0 Å². The van der Waals surface area contributed by atoms with Crippen molar-refractivity contribution in [2.24, 2.45) is 0 Å². The zero-order valence-electron chi connectivity index (χ0n) is 10.8. The summed E-state index contributed by atoms with van der Waals surface area (Å²) in [5.74, 6) is -12.6. The number of alkyl halides is 7. The number of carboxylic acids is 1. The van der Waals surface area contributed by atoms with Crippen LogP contribution in [-0.4, -0.2) is 60.8 Å². The Labute approximate surface area is 110 Å². The highest BCUT2D eigenvalue weighted by Gasteiger charge is 2.72. The van der Waals surface area contributed by atoms with E-state index in [1.165, 1.54) is 14.1 Å². The zero-order valence-corrected chi connectivity index (χ0v) is 10.8. The average Bonchev–Trinajstić information content (AvgIpc) is 2.11. The molecule has 0 spiro atoms. The van der Waals surface area contributed by atoms with Gasteiger partial charge >= 0.3 is 24.0 Å². The smallest absolute Gasteiger partial charge is 0.459 e. The zero-order chi connectivity index (χ0) is 16.4. The normalized spacial score (nSPS) is 14.4. The van der Waals surface area contributed by atoms with Crippen LogP contribution in [-0.2, 0) is 4.79 Å². The number of carboxylic acid groups (broad SMARTS) is 1. The highest BCUT2D eigenvalue weighted by Crippen LogP contribution is 2.48. The molecule has 0 bridgehead atoms. The minimum absolute atomic E-state index is 0.268. The van der Waals surface area contributed by atoms with Crippen molar-refractivity contribution in [3.63, 3.8) is 0 Å². The van der Waals surface area contributed by atoms with Crippen LogP contribution in [0.3, 0.4) is 0 Å². The number of rotatable bonds is 7. The van der Waals surface area contributed by atoms with Crippen LogP contribution in [0.15, 0.2) is 0 Å². The molecule has 20 heavy (non-hydrogen) atoms. The van der Waals surface area contributed by atoms with Crippen LogP contribution in [0.25, 0.3) is 0 Å². The molecule has 3 nitrogen and oxygen atoms in total. The third-order valence-corrected chi connectivity index (χ3v) is 2.63. The van der Waals surface area contributed by atoms with Crippen LogP contribution in [0.2, 0.25) is 0 Å². The molecule has 0 aliphatic heterocycles. The summed E-state index contributed by atoms with van der Waals surface area (Å²) in [6, 6.07) is 0. The van der Waals surface area contributed by atoms with Crippen molar-refractivity contribution in [1.82, 2.24) is 0 Å². The Morgan fingerprint density at radius 2 is 1.50 bits per heavy atom. The maximum absolute atomic E-state index is 12.9. The Balaban J connectivity index is 4.62. The van der Waals surface area contributed by atoms with E-state index in [9.17, 15) is 35.5 Å². The number of hydrogen-bond acceptors (Lipinski definition) is 1. The number of hydrogen-bond donors (Lipinski definition) is 1. The van der Waals surface area contributed by atoms with Gasteiger partial charge in [-0.15, -0.1) is 0 Å². The molecule has 0 radical (unpaired) electrons. The fourth-order valence-corrected chi connectivity index (χ4v) is 1.54. The summed E-state index contributed by atoms with van der Waals surface area (Å²) < 4.78 is 86.3. The third-order valence-electron chi connectivity index (χ3n) is 2.63. The number of quaternary nitrogens is 1. The Kier molecular flexibility index (Phi) is 5.44. The Bertz CT molecular complexity index is 352. The van der Waals surface area contributed by atoms with Crippen molar-refractivity contribution in [1.29, 1.82) is 0 Å². The summed E-state index contributed by atoms with van der Waals surface area (Å²) in [5, 5.41) is 8.51. The monoisotopic (exact) mass is 314 g/mol. The van der Waals surface area contributed by atoms with Gasteiger partial charge in [-0.05, 0) is 0 Å². The molecular formula is C10H15F7NO2+. The van der Waals surface area contributed by atoms with E-state index in [0.29, 0.717) is 0 Å². The van der Waals surface area contributed by atoms with Gasteiger partial charge in [0, 0.05) is 12.8 Å². The van der Waals surface area contributed by atoms with Crippen LogP contribution in [0.5, 0.6) is 0 Å². The largest absolute Gasteiger partial charge is 0.477 e. The van der Waals surface area contributed by atoms with Gasteiger partial charge < -0.3 is 9.59 Å². The number of aliphatic carboxylic acids is 1. The number of carbonyl (C=O) groups is 1. The van der Waals surface area contributed by atoms with Crippen LogP contribution < -0.4 is 0 Å². The lowest BCUT2D eigenvalue weighted by atomic mass is 10.1. The molecule has 0 atom stereocenters. The Morgan fingerprint density at radius 1 is 1.05 bits per heavy atom. The van der Waals surface area contributed by atoms with Crippen molar-refractivity contribution < 1.29 is 45.1 Å². The van der Waals surface area contributed by atoms with Crippen LogP contribution in [0.1, 0.15) is 12.8 Å². The van der Waals surface area contributed by atoms with Crippen LogP contribution >= 0.6 is 0 Å². The van der Waals surface area contributed by atoms with Crippen molar-refractivity contribution in [2.45, 2.75) is 30.9 Å². The van der Waals surface area contributed by atoms with Crippen molar-refractivity contribution >= 4 is 5.97 Å². The summed E-state index contributed by atoms with van der Waals surface area (Å²) in [4.78, 5) is 10.4. The summed E-state index contributed by atoms with van der Waals surface area (Å²) in [5.41, 5.74) is 0. The number of likely N-dealkylation sites (N-methyl/N-ethyl adjacent to an activating group) is 1. The molecule has 0 heterocycles. The second kappa shape index (κ2) is 5.74. The van der Waals surface area contributed by atoms with Crippen molar-refractivity contribution in [3.05, 3.63) is 0 Å². The summed E-state index contributed by atoms with van der Waals surface area (Å²) >= 11 is 0. The van der Waals surface area contributed by atoms with E-state index in [1.54, 1.807) is 0 Å². The molecule has 0 unspecified atom stereocenters. The molecule has 0 aromatic heterocycles. The molecule has 10 heteroatoms. The summed E-state index contributed by atoms with van der Waals surface area (Å²) in [7, 11) is 2.68. The molecule has 0 saturated heterocycles. The fraction of sp³-hybridized carbons (Fsp3) is 0.900. The van der Waals surface area contributed by atoms with Gasteiger partial charge in [0.05, 0.1) is 20.6 Å². The van der Waals surface area contributed by atoms with E-state index >= 15 is 0 Å². The molecule has 120 valence electrons. The predicted octanol–water partition coefficient (Wildman–Crippen LogP) is 2.76. The SMILES string of the molecule is C[N+](C)(CCCC(F)(F)C(F)(F)C(F)(F)F)CC(=O)O. The first-order chi connectivity index (χ1) is 8.62. The fourth-order valence-electron chi connectivity index (χ4n) is 1.54. The highest BCUT2D eigenvalue weighted by molar-refractivity contribution is 5.67. The first-order valence-electron chi connectivity index (χ1n) is 5.48. The minimum Gasteiger partial charge on any atom is -0.477 e. The standard InChI is InChI=1S/C10H14F7NO2/c1-18(2,6-7(19)20)5-3-4-8(11,12)9(13,14)10(15,16)17/h3-6H2,1-2H3/p+1. The van der Waals surface area contributed by atoms with E-state index in [2.05, 4.69) is 0 Å². The molecule has 1 N–H and O–H groups in total. The second-order valence-corrected chi connectivity index (χ2v) is 5.09. The van der Waals surface area contributed by atoms with Gasteiger partial charge in [0.1, 0.15) is 0 Å². The van der Waals surface area contributed by atoms with E-state index in [1.807, 2.05) is 0 Å². The lowest BCUT2D eigenvalue weighted by molar-refractivity contribution is -0.883. The molecule has 0 aliphatic carbocycles. The Morgan fingerprint density at radius 3 is 1.85 bits per heavy atom. The maximum atomic E-state index is 12.9. The second-order valence-electron chi connectivity index (χ2n) is 5.09. The van der Waals surface area contributed by atoms with Gasteiger partial charge in [0.25, 0.3) is 0 Å². The van der Waals surface area contributed by atoms with Gasteiger partial charge in [-0.1, -0.05) is 0 Å². The van der Waals surface area contributed by atoms with E-state index in [4.69, 9.17) is 5.11 Å². The van der Waals surface area contributed by atoms with Gasteiger partial charge in [0.15, 0.2) is 6.54 Å². The summed E-state index contributed by atoms with van der Waals surface area (Å²) in [6.07, 6.45) is -8.68. The van der Waals surface area contributed by atoms with E-state index in [0.717, 1.165) is 0 Å². The molecule has 0 aromatic carbocycles. The van der Waals surface area contributed by atoms with Gasteiger partial charge in [0.2, 0.25) is 0 Å². The highest BCUT2D eigenvalue weighted by atomic mass is 19.4. The average molecular weight is 314 g/mol. The first-order valence-corrected chi connectivity index (χ1v) is 5.48. The lowest BCUT2D eigenvalue weighted by Gasteiger charge is -2.31. The molecular weight excluding hydrogens is 299 g/mol. The van der Waals surface area contributed by atoms with E-state index in [-0.39, 0.29) is 11.0 Å². The quantitative estimate of drug-likeness (QED) is 0.579. The topological polar surface area (TPSA) is 37.3 Å². The van der Waals surface area contributed by atoms with Crippen molar-refractivity contribution in [2.75, 3.05) is 27.2 Å². The molecule has 0 amide bonds. The van der Waals surface area contributed by atoms with Crippen LogP contribution in [0.4, 0.5) is 30.7 Å². The predicted molar refractivity (Wildman–Crippen MR) is 54.7 cm³/mol.